The predicted molar refractivity (Wildman–Crippen MR) is 92.3 cm³/mol. The molecule has 2 aromatic rings. The fraction of sp³-hybridized carbons (Fsp3) is 0.278. The van der Waals surface area contributed by atoms with Gasteiger partial charge in [0.25, 0.3) is 0 Å². The number of aromatic carboxylic acids is 1. The Balaban J connectivity index is 0.00000208. The van der Waals surface area contributed by atoms with Gasteiger partial charge in [-0.3, -0.25) is 4.90 Å². The molecule has 3 rings (SSSR count). The monoisotopic (exact) mass is 331 g/mol. The second-order valence-electron chi connectivity index (χ2n) is 5.69. The Hall–Kier alpha value is -2.44. The molecule has 0 spiro atoms. The van der Waals surface area contributed by atoms with Crippen molar-refractivity contribution >= 4 is 11.7 Å². The van der Waals surface area contributed by atoms with E-state index in [4.69, 9.17) is 0 Å². The summed E-state index contributed by atoms with van der Waals surface area (Å²) < 4.78 is 13.8. The van der Waals surface area contributed by atoms with Crippen molar-refractivity contribution < 1.29 is 14.3 Å². The first-order chi connectivity index (χ1) is 11.1. The van der Waals surface area contributed by atoms with Crippen LogP contribution in [-0.4, -0.2) is 42.2 Å². The first kappa shape index (κ1) is 17.9. The van der Waals surface area contributed by atoms with Crippen molar-refractivity contribution in [1.82, 2.24) is 11.1 Å². The van der Waals surface area contributed by atoms with Crippen LogP contribution in [0.25, 0.3) is 0 Å². The highest BCUT2D eigenvalue weighted by molar-refractivity contribution is 5.94. The Labute approximate surface area is 140 Å². The molecule has 24 heavy (non-hydrogen) atoms. The van der Waals surface area contributed by atoms with Gasteiger partial charge in [-0.25, -0.2) is 9.18 Å². The molecule has 0 radical (unpaired) electrons. The van der Waals surface area contributed by atoms with Gasteiger partial charge in [0.05, 0.1) is 5.69 Å². The fourth-order valence-electron chi connectivity index (χ4n) is 2.98. The Kier molecular flexibility index (Phi) is 5.89. The second kappa shape index (κ2) is 7.90. The molecule has 5 nitrogen and oxygen atoms in total. The highest BCUT2D eigenvalue weighted by Crippen LogP contribution is 2.24. The minimum atomic E-state index is -1.22. The van der Waals surface area contributed by atoms with Gasteiger partial charge >= 0.3 is 5.97 Å². The number of carbonyl (C=O) groups is 1. The lowest BCUT2D eigenvalue weighted by Gasteiger charge is -2.36. The van der Waals surface area contributed by atoms with E-state index in [1.54, 1.807) is 12.1 Å². The average Bonchev–Trinajstić information content (AvgIpc) is 2.56. The van der Waals surface area contributed by atoms with Crippen molar-refractivity contribution in [3.8, 4) is 0 Å². The molecule has 6 heteroatoms. The molecule has 0 unspecified atom stereocenters. The van der Waals surface area contributed by atoms with Crippen molar-refractivity contribution in [3.63, 3.8) is 0 Å². The van der Waals surface area contributed by atoms with Crippen LogP contribution >= 0.6 is 0 Å². The lowest BCUT2D eigenvalue weighted by molar-refractivity contribution is 0.0692. The fourth-order valence-corrected chi connectivity index (χ4v) is 2.98. The van der Waals surface area contributed by atoms with Gasteiger partial charge in [0.1, 0.15) is 11.4 Å². The SMILES string of the molecule is N.O=C(O)c1c(F)cccc1N1CCN(Cc2ccccc2)CC1. The zero-order chi connectivity index (χ0) is 16.2. The molecule has 1 fully saturated rings. The van der Waals surface area contributed by atoms with E-state index in [2.05, 4.69) is 17.0 Å². The summed E-state index contributed by atoms with van der Waals surface area (Å²) in [6.07, 6.45) is 0. The summed E-state index contributed by atoms with van der Waals surface area (Å²) >= 11 is 0. The predicted octanol–water partition coefficient (Wildman–Crippen LogP) is 3.01. The number of hydrogen-bond acceptors (Lipinski definition) is 4. The van der Waals surface area contributed by atoms with Gasteiger partial charge in [-0.2, -0.15) is 0 Å². The van der Waals surface area contributed by atoms with E-state index in [0.717, 1.165) is 19.6 Å². The maximum atomic E-state index is 13.8. The summed E-state index contributed by atoms with van der Waals surface area (Å²) in [6, 6.07) is 14.7. The molecule has 1 saturated heterocycles. The van der Waals surface area contributed by atoms with Crippen LogP contribution in [0.1, 0.15) is 15.9 Å². The summed E-state index contributed by atoms with van der Waals surface area (Å²) in [4.78, 5) is 15.6. The number of nitrogens with zero attached hydrogens (tertiary/aromatic N) is 2. The third-order valence-electron chi connectivity index (χ3n) is 4.17. The van der Waals surface area contributed by atoms with E-state index >= 15 is 0 Å². The molecule has 0 amide bonds. The van der Waals surface area contributed by atoms with Gasteiger partial charge in [-0.15, -0.1) is 0 Å². The van der Waals surface area contributed by atoms with Crippen molar-refractivity contribution in [1.29, 1.82) is 0 Å². The van der Waals surface area contributed by atoms with Crippen LogP contribution < -0.4 is 11.1 Å². The molecule has 4 N–H and O–H groups in total. The molecule has 0 aliphatic carbocycles. The largest absolute Gasteiger partial charge is 0.478 e. The standard InChI is InChI=1S/C18H19FN2O2.H3N/c19-15-7-4-8-16(17(15)18(22)23)21-11-9-20(10-12-21)13-14-5-2-1-3-6-14;/h1-8H,9-13H2,(H,22,23);1H3. The molecular formula is C18H22FN3O2. The first-order valence-corrected chi connectivity index (χ1v) is 7.68. The molecule has 0 atom stereocenters. The number of benzene rings is 2. The quantitative estimate of drug-likeness (QED) is 0.900. The number of anilines is 1. The normalized spacial score (nSPS) is 15.0. The molecule has 1 aliphatic rings. The molecule has 128 valence electrons. The van der Waals surface area contributed by atoms with Crippen molar-refractivity contribution in [2.45, 2.75) is 6.54 Å². The van der Waals surface area contributed by atoms with Gasteiger partial charge in [0.15, 0.2) is 0 Å². The molecule has 2 aromatic carbocycles. The maximum absolute atomic E-state index is 13.8. The van der Waals surface area contributed by atoms with E-state index in [-0.39, 0.29) is 11.7 Å². The Morgan fingerprint density at radius 3 is 2.29 bits per heavy atom. The maximum Gasteiger partial charge on any atom is 0.340 e. The van der Waals surface area contributed by atoms with Gasteiger partial charge in [0.2, 0.25) is 0 Å². The Bertz CT molecular complexity index is 686. The number of carboxylic acids is 1. The van der Waals surface area contributed by atoms with Crippen LogP contribution in [0.5, 0.6) is 0 Å². The molecule has 0 aromatic heterocycles. The van der Waals surface area contributed by atoms with Gasteiger partial charge in [0, 0.05) is 32.7 Å². The summed E-state index contributed by atoms with van der Waals surface area (Å²) in [7, 11) is 0. The zero-order valence-electron chi connectivity index (χ0n) is 13.5. The molecular weight excluding hydrogens is 309 g/mol. The van der Waals surface area contributed by atoms with Crippen molar-refractivity contribution in [3.05, 3.63) is 65.5 Å². The number of carboxylic acid groups (broad SMARTS) is 1. The summed E-state index contributed by atoms with van der Waals surface area (Å²) in [6.45, 7) is 3.91. The lowest BCUT2D eigenvalue weighted by atomic mass is 10.1. The molecule has 1 heterocycles. The van der Waals surface area contributed by atoms with Crippen LogP contribution in [0.15, 0.2) is 48.5 Å². The number of halogens is 1. The van der Waals surface area contributed by atoms with Crippen LogP contribution in [0.3, 0.4) is 0 Å². The van der Waals surface area contributed by atoms with Gasteiger partial charge in [-0.05, 0) is 17.7 Å². The Morgan fingerprint density at radius 1 is 1.00 bits per heavy atom. The average molecular weight is 331 g/mol. The van der Waals surface area contributed by atoms with Crippen molar-refractivity contribution in [2.24, 2.45) is 0 Å². The highest BCUT2D eigenvalue weighted by Gasteiger charge is 2.23. The van der Waals surface area contributed by atoms with Crippen LogP contribution in [0.4, 0.5) is 10.1 Å². The van der Waals surface area contributed by atoms with E-state index in [9.17, 15) is 14.3 Å². The van der Waals surface area contributed by atoms with Gasteiger partial charge < -0.3 is 16.2 Å². The van der Waals surface area contributed by atoms with E-state index in [0.29, 0.717) is 18.8 Å². The smallest absolute Gasteiger partial charge is 0.340 e. The molecule has 0 bridgehead atoms. The minimum absolute atomic E-state index is 0. The lowest BCUT2D eigenvalue weighted by Crippen LogP contribution is -2.46. The van der Waals surface area contributed by atoms with E-state index in [1.807, 2.05) is 23.1 Å². The van der Waals surface area contributed by atoms with Crippen molar-refractivity contribution in [2.75, 3.05) is 31.1 Å². The summed E-state index contributed by atoms with van der Waals surface area (Å²) in [5, 5.41) is 9.25. The first-order valence-electron chi connectivity index (χ1n) is 7.68. The third kappa shape index (κ3) is 3.90. The molecule has 0 saturated carbocycles. The summed E-state index contributed by atoms with van der Waals surface area (Å²) in [5.41, 5.74) is 1.50. The topological polar surface area (TPSA) is 78.8 Å². The third-order valence-corrected chi connectivity index (χ3v) is 4.17. The van der Waals surface area contributed by atoms with Crippen LogP contribution in [-0.2, 0) is 6.54 Å². The highest BCUT2D eigenvalue weighted by atomic mass is 19.1. The number of hydrogen-bond donors (Lipinski definition) is 2. The van der Waals surface area contributed by atoms with Crippen LogP contribution in [0, 0.1) is 5.82 Å². The Morgan fingerprint density at radius 2 is 1.67 bits per heavy atom. The summed E-state index contributed by atoms with van der Waals surface area (Å²) in [5.74, 6) is -1.90. The molecule has 1 aliphatic heterocycles. The second-order valence-corrected chi connectivity index (χ2v) is 5.69. The van der Waals surface area contributed by atoms with Gasteiger partial charge in [-0.1, -0.05) is 36.4 Å². The minimum Gasteiger partial charge on any atom is -0.478 e. The zero-order valence-corrected chi connectivity index (χ0v) is 13.5. The van der Waals surface area contributed by atoms with E-state index < -0.39 is 11.8 Å². The van der Waals surface area contributed by atoms with E-state index in [1.165, 1.54) is 11.6 Å². The number of piperazine rings is 1. The number of rotatable bonds is 4. The van der Waals surface area contributed by atoms with Crippen LogP contribution in [0.2, 0.25) is 0 Å².